The number of allylic oxidation sites excluding steroid dienone is 1. The van der Waals surface area contributed by atoms with E-state index in [9.17, 15) is 35.0 Å². The summed E-state index contributed by atoms with van der Waals surface area (Å²) in [7, 11) is 22.4. The maximum absolute atomic E-state index is 12.2. The number of likely N-dealkylation sites (N-methyl/N-ethyl adjacent to an activating group) is 6. The average Bonchev–Trinajstić information content (AvgIpc) is 1.46. The van der Waals surface area contributed by atoms with Gasteiger partial charge in [-0.3, -0.25) is 19.7 Å². The third kappa shape index (κ3) is 24.2. The first-order valence-corrected chi connectivity index (χ1v) is 36.4. The lowest BCUT2D eigenvalue weighted by Crippen LogP contribution is -2.29. The molecule has 3 aromatic heterocycles. The number of aliphatic hydroxyl groups is 3. The first kappa shape index (κ1) is 87.4. The minimum absolute atomic E-state index is 0. The lowest BCUT2D eigenvalue weighted by molar-refractivity contribution is -0.384. The van der Waals surface area contributed by atoms with E-state index in [2.05, 4.69) is 110 Å². The van der Waals surface area contributed by atoms with Gasteiger partial charge in [-0.1, -0.05) is 75.2 Å². The number of carbonyl (C=O) groups excluding carboxylic acids is 2. The summed E-state index contributed by atoms with van der Waals surface area (Å²) in [5.74, 6) is 2.98. The third-order valence-electron chi connectivity index (χ3n) is 18.3. The van der Waals surface area contributed by atoms with Gasteiger partial charge in [0.1, 0.15) is 41.9 Å². The highest BCUT2D eigenvalue weighted by Gasteiger charge is 2.45. The second kappa shape index (κ2) is 39.8. The molecule has 1 amide bonds. The molecule has 35 heteroatoms. The standard InChI is InChI=1S/C27H34N8O3.C24H30N8O4.C24H32N8O2.C3H3ClO.CH4/c1-6-24(36)30-20-15-21(23(38-5)16-22(20)35(4)14-13-34(2)3)32-26-29-17-28-25(33-26)31-19-10-8-7-9-18(19)27(37)11-12-27;1-30(2)11-12-31(3)19-14-21(36-4)18(13-20(19)32(34)35)28-23-26-15-25-22(29-23)27-17-8-6-5-7-16(17)24(33)9-10-24;1-31(2)11-12-32(3)20-14-21(34-4)19(13-17(20)25)29-23-27-15-26-22(30-23)28-18-8-6-5-7-16(18)24(33)9-10-24;1-2-3(4)5;/h6-10,15-17,37H,1,11-14H2,2-5H3,(H,30,36)(H2,28,29,31,32,33);5-8,13-15,33H,9-12H2,1-4H3,(H2,25,26,27,28,29);5-8,13-15,33H,9-12,25H2,1-4H3,(H2,26,27,28,29,30);2H,1H2;1H4. The van der Waals surface area contributed by atoms with Gasteiger partial charge in [-0.05, 0) is 135 Å². The molecule has 12 rings (SSSR count). The number of hydrogen-bond acceptors (Lipinski definition) is 32. The summed E-state index contributed by atoms with van der Waals surface area (Å²) >= 11 is 4.71. The monoisotopic (exact) mass is 1580 g/mol. The second-order valence-electron chi connectivity index (χ2n) is 27.7. The molecule has 3 fully saturated rings. The summed E-state index contributed by atoms with van der Waals surface area (Å²) in [5.41, 5.74) is 13.4. The molecule has 606 valence electrons. The van der Waals surface area contributed by atoms with Crippen molar-refractivity contribution in [1.82, 2.24) is 59.6 Å². The van der Waals surface area contributed by atoms with Crippen molar-refractivity contribution in [2.24, 2.45) is 0 Å². The Bertz CT molecular complexity index is 4800. The quantitative estimate of drug-likeness (QED) is 0.00586. The minimum Gasteiger partial charge on any atom is -0.494 e. The summed E-state index contributed by atoms with van der Waals surface area (Å²) in [6.07, 6.45) is 10.8. The number of amides is 1. The molecule has 6 aromatic carbocycles. The number of nitrogen functional groups attached to an aromatic ring is 1. The van der Waals surface area contributed by atoms with Crippen LogP contribution in [0, 0.1) is 10.1 Å². The molecule has 0 radical (unpaired) electrons. The van der Waals surface area contributed by atoms with Crippen LogP contribution in [0.25, 0.3) is 0 Å². The Hall–Kier alpha value is -12.2. The molecule has 0 unspecified atom stereocenters. The van der Waals surface area contributed by atoms with E-state index in [0.717, 1.165) is 104 Å². The van der Waals surface area contributed by atoms with Crippen LogP contribution in [0.4, 0.5) is 104 Å². The fourth-order valence-corrected chi connectivity index (χ4v) is 11.4. The van der Waals surface area contributed by atoms with E-state index < -0.39 is 27.0 Å². The Morgan fingerprint density at radius 3 is 1.09 bits per heavy atom. The van der Waals surface area contributed by atoms with Gasteiger partial charge in [0.25, 0.3) is 5.69 Å². The first-order valence-electron chi connectivity index (χ1n) is 36.0. The van der Waals surface area contributed by atoms with Gasteiger partial charge in [-0.2, -0.15) is 15.0 Å². The zero-order valence-electron chi connectivity index (χ0n) is 65.5. The number of carbonyl (C=O) groups is 2. The molecule has 0 bridgehead atoms. The van der Waals surface area contributed by atoms with Gasteiger partial charge < -0.3 is 102 Å². The summed E-state index contributed by atoms with van der Waals surface area (Å²) in [5, 5.41) is 64.9. The largest absolute Gasteiger partial charge is 0.494 e. The summed E-state index contributed by atoms with van der Waals surface area (Å²) in [6.45, 7) is 11.3. The van der Waals surface area contributed by atoms with Gasteiger partial charge in [0.05, 0.1) is 82.9 Å². The Morgan fingerprint density at radius 1 is 0.474 bits per heavy atom. The second-order valence-corrected chi connectivity index (χ2v) is 28.1. The maximum Gasteiger partial charge on any atom is 0.294 e. The van der Waals surface area contributed by atoms with E-state index >= 15 is 0 Å². The van der Waals surface area contributed by atoms with Crippen LogP contribution in [-0.2, 0) is 26.4 Å². The number of aromatic nitrogens is 9. The highest BCUT2D eigenvalue weighted by atomic mass is 35.5. The van der Waals surface area contributed by atoms with Gasteiger partial charge in [0, 0.05) is 118 Å². The van der Waals surface area contributed by atoms with Gasteiger partial charge in [0.2, 0.25) is 46.8 Å². The summed E-state index contributed by atoms with van der Waals surface area (Å²) in [4.78, 5) is 83.9. The molecular weight excluding hydrogens is 1480 g/mol. The minimum atomic E-state index is -0.828. The number of nitro groups is 1. The highest BCUT2D eigenvalue weighted by molar-refractivity contribution is 6.66. The molecule has 3 aliphatic carbocycles. The van der Waals surface area contributed by atoms with Crippen molar-refractivity contribution < 1.29 is 44.0 Å². The number of para-hydroxylation sites is 3. The number of ether oxygens (including phenoxy) is 3. The van der Waals surface area contributed by atoms with Gasteiger partial charge >= 0.3 is 0 Å². The van der Waals surface area contributed by atoms with Crippen molar-refractivity contribution in [3.8, 4) is 17.2 Å². The van der Waals surface area contributed by atoms with E-state index in [4.69, 9.17) is 31.5 Å². The Balaban J connectivity index is 0.000000207. The summed E-state index contributed by atoms with van der Waals surface area (Å²) < 4.78 is 16.8. The Kier molecular flexibility index (Phi) is 30.5. The lowest BCUT2D eigenvalue weighted by atomic mass is 10.1. The van der Waals surface area contributed by atoms with E-state index in [1.54, 1.807) is 33.4 Å². The van der Waals surface area contributed by atoms with E-state index in [1.165, 1.54) is 38.2 Å². The lowest BCUT2D eigenvalue weighted by Gasteiger charge is -2.26. The molecule has 0 saturated heterocycles. The van der Waals surface area contributed by atoms with Crippen molar-refractivity contribution >= 4 is 127 Å². The predicted molar refractivity (Wildman–Crippen MR) is 450 cm³/mol. The summed E-state index contributed by atoms with van der Waals surface area (Å²) in [6, 6.07) is 33.0. The van der Waals surface area contributed by atoms with Crippen LogP contribution in [0.5, 0.6) is 17.2 Å². The van der Waals surface area contributed by atoms with Gasteiger partial charge in [-0.15, -0.1) is 0 Å². The van der Waals surface area contributed by atoms with Crippen LogP contribution in [0.1, 0.15) is 62.6 Å². The third-order valence-corrected chi connectivity index (χ3v) is 18.5. The van der Waals surface area contributed by atoms with Crippen LogP contribution in [0.3, 0.4) is 0 Å². The molecule has 3 aliphatic rings. The Labute approximate surface area is 669 Å². The van der Waals surface area contributed by atoms with Crippen molar-refractivity contribution in [3.63, 3.8) is 0 Å². The number of methoxy groups -OCH3 is 3. The van der Waals surface area contributed by atoms with Crippen LogP contribution < -0.4 is 71.9 Å². The van der Waals surface area contributed by atoms with Crippen LogP contribution in [0.2, 0.25) is 0 Å². The number of rotatable bonds is 34. The van der Waals surface area contributed by atoms with Crippen LogP contribution in [0.15, 0.2) is 153 Å². The molecule has 9 aromatic rings. The maximum atomic E-state index is 12.2. The molecule has 0 atom stereocenters. The van der Waals surface area contributed by atoms with E-state index in [-0.39, 0.29) is 36.9 Å². The number of benzene rings is 6. The number of nitrogens with one attached hydrogen (secondary N) is 7. The van der Waals surface area contributed by atoms with Gasteiger partial charge in [0.15, 0.2) is 0 Å². The van der Waals surface area contributed by atoms with Crippen LogP contribution in [-0.4, -0.2) is 215 Å². The number of halogens is 1. The fraction of sp³-hybridized carbons (Fsp3) is 0.354. The molecular formula is C79H103ClN24O10. The number of nitro benzene ring substituents is 1. The van der Waals surface area contributed by atoms with E-state index in [1.807, 2.05) is 162 Å². The van der Waals surface area contributed by atoms with Crippen molar-refractivity contribution in [2.75, 3.05) is 182 Å². The van der Waals surface area contributed by atoms with E-state index in [0.29, 0.717) is 94.3 Å². The number of nitrogens with zero attached hydrogens (tertiary/aromatic N) is 16. The smallest absolute Gasteiger partial charge is 0.294 e. The highest BCUT2D eigenvalue weighted by Crippen LogP contribution is 2.51. The van der Waals surface area contributed by atoms with Crippen molar-refractivity contribution in [2.45, 2.75) is 62.8 Å². The van der Waals surface area contributed by atoms with Crippen molar-refractivity contribution in [1.29, 1.82) is 0 Å². The number of hydrogen-bond donors (Lipinski definition) is 11. The molecule has 12 N–H and O–H groups in total. The molecule has 3 saturated carbocycles. The fourth-order valence-electron chi connectivity index (χ4n) is 11.4. The first-order chi connectivity index (χ1) is 54.0. The molecule has 0 spiro atoms. The normalized spacial score (nSPS) is 13.4. The van der Waals surface area contributed by atoms with Gasteiger partial charge in [-0.25, -0.2) is 29.9 Å². The topological polar surface area (TPSA) is 411 Å². The molecule has 0 aliphatic heterocycles. The molecule has 114 heavy (non-hydrogen) atoms. The predicted octanol–water partition coefficient (Wildman–Crippen LogP) is 11.2. The Morgan fingerprint density at radius 2 is 0.772 bits per heavy atom. The van der Waals surface area contributed by atoms with Crippen molar-refractivity contribution in [3.05, 3.63) is 180 Å². The molecule has 3 heterocycles. The molecule has 34 nitrogen and oxygen atoms in total. The number of anilines is 17. The SMILES string of the molecule is C.C=CC(=O)Cl.C=CC(=O)Nc1cc(Nc2ncnc(Nc3ccccc3C3(O)CC3)n2)c(OC)cc1N(C)CCN(C)C.COc1cc(N(C)CCN(C)C)c(N)cc1Nc1ncnc(Nc2ccccc2C2(O)CC2)n1.COc1cc(N(C)CCN(C)C)c([N+](=O)[O-])cc1Nc1ncnc(Nc2ccccc2C2(O)CC2)n1. The zero-order valence-corrected chi connectivity index (χ0v) is 66.2. The van der Waals surface area contributed by atoms with Crippen LogP contribution >= 0.6 is 11.6 Å². The number of nitrogens with two attached hydrogens (primary N) is 1. The average molecular weight is 1580 g/mol. The zero-order chi connectivity index (χ0) is 81.7.